The topological polar surface area (TPSA) is 29.5 Å². The molecule has 0 fully saturated rings. The van der Waals surface area contributed by atoms with Gasteiger partial charge in [0.05, 0.1) is 0 Å². The van der Waals surface area contributed by atoms with Crippen molar-refractivity contribution in [3.8, 4) is 22.6 Å². The van der Waals surface area contributed by atoms with Crippen LogP contribution in [0.1, 0.15) is 0 Å². The highest BCUT2D eigenvalue weighted by Gasteiger charge is 2.31. The van der Waals surface area contributed by atoms with E-state index in [2.05, 4.69) is 4.74 Å². The molecule has 0 saturated heterocycles. The van der Waals surface area contributed by atoms with E-state index in [1.807, 2.05) is 0 Å². The third-order valence-corrected chi connectivity index (χ3v) is 2.37. The highest BCUT2D eigenvalue weighted by atomic mass is 19.4. The first-order valence-electron chi connectivity index (χ1n) is 5.30. The third-order valence-electron chi connectivity index (χ3n) is 2.37. The molecule has 2 nitrogen and oxygen atoms in total. The molecule has 1 N–H and O–H groups in total. The van der Waals surface area contributed by atoms with Gasteiger partial charge < -0.3 is 9.84 Å². The molecule has 2 rings (SSSR count). The maximum atomic E-state index is 13.6. The van der Waals surface area contributed by atoms with Crippen LogP contribution in [0.3, 0.4) is 0 Å². The van der Waals surface area contributed by atoms with Crippen LogP contribution in [0.15, 0.2) is 36.4 Å². The van der Waals surface area contributed by atoms with Gasteiger partial charge in [0.1, 0.15) is 23.1 Å². The van der Waals surface area contributed by atoms with Gasteiger partial charge in [-0.25, -0.2) is 8.78 Å². The van der Waals surface area contributed by atoms with E-state index in [9.17, 15) is 27.1 Å². The van der Waals surface area contributed by atoms with Crippen LogP contribution < -0.4 is 4.74 Å². The van der Waals surface area contributed by atoms with Gasteiger partial charge in [-0.15, -0.1) is 13.2 Å². The lowest BCUT2D eigenvalue weighted by Gasteiger charge is -2.11. The monoisotopic (exact) mass is 290 g/mol. The smallest absolute Gasteiger partial charge is 0.508 e. The van der Waals surface area contributed by atoms with Gasteiger partial charge in [0.25, 0.3) is 0 Å². The Hall–Kier alpha value is -2.31. The van der Waals surface area contributed by atoms with Crippen LogP contribution in [-0.4, -0.2) is 11.5 Å². The summed E-state index contributed by atoms with van der Waals surface area (Å²) in [7, 11) is 0. The molecule has 0 unspecified atom stereocenters. The highest BCUT2D eigenvalue weighted by molar-refractivity contribution is 5.67. The lowest BCUT2D eigenvalue weighted by molar-refractivity contribution is -0.274. The fraction of sp³-hybridized carbons (Fsp3) is 0.0769. The van der Waals surface area contributed by atoms with Crippen LogP contribution >= 0.6 is 0 Å². The second kappa shape index (κ2) is 4.99. The van der Waals surface area contributed by atoms with Crippen molar-refractivity contribution in [3.63, 3.8) is 0 Å². The fourth-order valence-electron chi connectivity index (χ4n) is 1.65. The van der Waals surface area contributed by atoms with E-state index in [4.69, 9.17) is 0 Å². The number of benzene rings is 2. The van der Waals surface area contributed by atoms with Crippen LogP contribution in [0.2, 0.25) is 0 Å². The van der Waals surface area contributed by atoms with Crippen LogP contribution in [-0.2, 0) is 0 Å². The van der Waals surface area contributed by atoms with E-state index in [0.29, 0.717) is 6.07 Å². The molecule has 20 heavy (non-hydrogen) atoms. The Morgan fingerprint density at radius 2 is 1.65 bits per heavy atom. The van der Waals surface area contributed by atoms with Gasteiger partial charge >= 0.3 is 6.36 Å². The molecule has 7 heteroatoms. The number of rotatable bonds is 2. The SMILES string of the molecule is Oc1cc(OC(F)(F)F)cc(-c2ccc(F)cc2F)c1. The third kappa shape index (κ3) is 3.37. The molecule has 0 amide bonds. The van der Waals surface area contributed by atoms with Crippen LogP contribution in [0.25, 0.3) is 11.1 Å². The first kappa shape index (κ1) is 14.1. The average Bonchev–Trinajstić information content (AvgIpc) is 2.25. The minimum Gasteiger partial charge on any atom is -0.508 e. The maximum Gasteiger partial charge on any atom is 0.573 e. The van der Waals surface area contributed by atoms with Gasteiger partial charge in [0.15, 0.2) is 0 Å². The maximum absolute atomic E-state index is 13.6. The molecule has 0 saturated carbocycles. The average molecular weight is 290 g/mol. The van der Waals surface area contributed by atoms with Gasteiger partial charge in [0.2, 0.25) is 0 Å². The number of phenolic OH excluding ortho intramolecular Hbond substituents is 1. The van der Waals surface area contributed by atoms with E-state index < -0.39 is 29.5 Å². The summed E-state index contributed by atoms with van der Waals surface area (Å²) in [5, 5.41) is 9.35. The van der Waals surface area contributed by atoms with Crippen molar-refractivity contribution in [2.24, 2.45) is 0 Å². The second-order valence-corrected chi connectivity index (χ2v) is 3.89. The Kier molecular flexibility index (Phi) is 3.52. The first-order valence-corrected chi connectivity index (χ1v) is 5.30. The Morgan fingerprint density at radius 3 is 2.25 bits per heavy atom. The molecular weight excluding hydrogens is 283 g/mol. The molecule has 2 aromatic rings. The van der Waals surface area contributed by atoms with E-state index in [1.54, 1.807) is 0 Å². The summed E-state index contributed by atoms with van der Waals surface area (Å²) in [6.45, 7) is 0. The zero-order chi connectivity index (χ0) is 14.9. The van der Waals surface area contributed by atoms with Gasteiger partial charge in [-0.1, -0.05) is 0 Å². The van der Waals surface area contributed by atoms with Crippen molar-refractivity contribution in [2.45, 2.75) is 6.36 Å². The Morgan fingerprint density at radius 1 is 0.950 bits per heavy atom. The molecule has 0 spiro atoms. The Bertz CT molecular complexity index is 637. The molecule has 2 aromatic carbocycles. The molecule has 0 aliphatic carbocycles. The number of alkyl halides is 3. The molecule has 0 aliphatic rings. The molecule has 0 aromatic heterocycles. The molecule has 0 atom stereocenters. The predicted octanol–water partition coefficient (Wildman–Crippen LogP) is 4.24. The number of hydrogen-bond acceptors (Lipinski definition) is 2. The Balaban J connectivity index is 2.46. The van der Waals surface area contributed by atoms with E-state index in [1.165, 1.54) is 0 Å². The van der Waals surface area contributed by atoms with Crippen molar-refractivity contribution in [1.82, 2.24) is 0 Å². The molecule has 106 valence electrons. The summed E-state index contributed by atoms with van der Waals surface area (Å²) >= 11 is 0. The number of hydrogen-bond donors (Lipinski definition) is 1. The molecule has 0 bridgehead atoms. The summed E-state index contributed by atoms with van der Waals surface area (Å²) in [5.74, 6) is -3.02. The summed E-state index contributed by atoms with van der Waals surface area (Å²) < 4.78 is 66.3. The van der Waals surface area contributed by atoms with Gasteiger partial charge in [-0.2, -0.15) is 0 Å². The Labute approximate surface area is 110 Å². The zero-order valence-corrected chi connectivity index (χ0v) is 9.71. The van der Waals surface area contributed by atoms with Crippen LogP contribution in [0, 0.1) is 11.6 Å². The summed E-state index contributed by atoms with van der Waals surface area (Å²) in [6.07, 6.45) is -4.94. The highest BCUT2D eigenvalue weighted by Crippen LogP contribution is 2.33. The molecule has 0 heterocycles. The van der Waals surface area contributed by atoms with Crippen molar-refractivity contribution in [1.29, 1.82) is 0 Å². The summed E-state index contributed by atoms with van der Waals surface area (Å²) in [6, 6.07) is 5.26. The van der Waals surface area contributed by atoms with Gasteiger partial charge in [0, 0.05) is 17.7 Å². The largest absolute Gasteiger partial charge is 0.573 e. The van der Waals surface area contributed by atoms with Gasteiger partial charge in [-0.3, -0.25) is 0 Å². The van der Waals surface area contributed by atoms with Crippen molar-refractivity contribution >= 4 is 0 Å². The normalized spacial score (nSPS) is 11.4. The second-order valence-electron chi connectivity index (χ2n) is 3.89. The minimum atomic E-state index is -4.94. The minimum absolute atomic E-state index is 0.0678. The standard InChI is InChI=1S/C13H7F5O2/c14-8-1-2-11(12(15)5-8)7-3-9(19)6-10(4-7)20-13(16,17)18/h1-6,19H. The fourth-order valence-corrected chi connectivity index (χ4v) is 1.65. The zero-order valence-electron chi connectivity index (χ0n) is 9.71. The van der Waals surface area contributed by atoms with E-state index in [-0.39, 0.29) is 11.1 Å². The van der Waals surface area contributed by atoms with Crippen molar-refractivity contribution in [2.75, 3.05) is 0 Å². The molecule has 0 aliphatic heterocycles. The number of halogens is 5. The summed E-state index contributed by atoms with van der Waals surface area (Å²) in [5.41, 5.74) is -0.226. The summed E-state index contributed by atoms with van der Waals surface area (Å²) in [4.78, 5) is 0. The first-order chi connectivity index (χ1) is 9.24. The lowest BCUT2D eigenvalue weighted by atomic mass is 10.0. The number of phenols is 1. The van der Waals surface area contributed by atoms with Crippen molar-refractivity contribution < 1.29 is 31.8 Å². The van der Waals surface area contributed by atoms with Crippen LogP contribution in [0.4, 0.5) is 22.0 Å². The lowest BCUT2D eigenvalue weighted by Crippen LogP contribution is -2.17. The predicted molar refractivity (Wildman–Crippen MR) is 60.1 cm³/mol. The quantitative estimate of drug-likeness (QED) is 0.838. The van der Waals surface area contributed by atoms with Crippen LogP contribution in [0.5, 0.6) is 11.5 Å². The van der Waals surface area contributed by atoms with E-state index in [0.717, 1.165) is 30.3 Å². The molecular formula is C13H7F5O2. The van der Waals surface area contributed by atoms with Gasteiger partial charge in [-0.05, 0) is 29.8 Å². The van der Waals surface area contributed by atoms with E-state index >= 15 is 0 Å². The number of aromatic hydroxyl groups is 1. The van der Waals surface area contributed by atoms with Crippen molar-refractivity contribution in [3.05, 3.63) is 48.0 Å². The molecule has 0 radical (unpaired) electrons. The number of ether oxygens (including phenoxy) is 1.